The van der Waals surface area contributed by atoms with Crippen LogP contribution in [0.15, 0.2) is 18.2 Å². The first kappa shape index (κ1) is 14.7. The third-order valence-corrected chi connectivity index (χ3v) is 3.93. The Kier molecular flexibility index (Phi) is 4.49. The smallest absolute Gasteiger partial charge is 0.323 e. The molecule has 0 aliphatic heterocycles. The van der Waals surface area contributed by atoms with Crippen molar-refractivity contribution in [2.24, 2.45) is 5.73 Å². The summed E-state index contributed by atoms with van der Waals surface area (Å²) in [6.45, 7) is -0.0725. The number of anilines is 1. The van der Waals surface area contributed by atoms with Crippen LogP contribution in [0.25, 0.3) is 0 Å². The van der Waals surface area contributed by atoms with Crippen LogP contribution in [0, 0.1) is 0 Å². The topological polar surface area (TPSA) is 83.6 Å². The highest BCUT2D eigenvalue weighted by Crippen LogP contribution is 2.30. The number of carbonyl (C=O) groups is 2. The van der Waals surface area contributed by atoms with Gasteiger partial charge in [-0.25, -0.2) is 0 Å². The maximum Gasteiger partial charge on any atom is 0.323 e. The highest BCUT2D eigenvalue weighted by molar-refractivity contribution is 6.34. The number of carboxylic acid groups (broad SMARTS) is 1. The standard InChI is InChI=1S/C14H17ClN2O3/c15-12-7-10(5-6-11(12)14(16)20)17(8-13(18)19)9-3-1-2-4-9/h5-7,9H,1-4,8H2,(H2,16,20)(H,18,19). The zero-order valence-corrected chi connectivity index (χ0v) is 11.8. The maximum absolute atomic E-state index is 11.2. The lowest BCUT2D eigenvalue weighted by atomic mass is 10.1. The van der Waals surface area contributed by atoms with Crippen molar-refractivity contribution in [2.75, 3.05) is 11.4 Å². The Morgan fingerprint density at radius 2 is 2.00 bits per heavy atom. The van der Waals surface area contributed by atoms with E-state index in [9.17, 15) is 9.59 Å². The van der Waals surface area contributed by atoms with Crippen LogP contribution in [0.3, 0.4) is 0 Å². The number of nitrogens with zero attached hydrogens (tertiary/aromatic N) is 1. The number of carbonyl (C=O) groups excluding carboxylic acids is 1. The van der Waals surface area contributed by atoms with Crippen LogP contribution < -0.4 is 10.6 Å². The van der Waals surface area contributed by atoms with Crippen molar-refractivity contribution in [3.8, 4) is 0 Å². The van der Waals surface area contributed by atoms with Gasteiger partial charge in [-0.3, -0.25) is 9.59 Å². The van der Waals surface area contributed by atoms with Crippen LogP contribution in [-0.2, 0) is 4.79 Å². The Morgan fingerprint density at radius 3 is 2.50 bits per heavy atom. The van der Waals surface area contributed by atoms with E-state index in [0.717, 1.165) is 25.7 Å². The predicted octanol–water partition coefficient (Wildman–Crippen LogP) is 2.27. The van der Waals surface area contributed by atoms with E-state index in [1.165, 1.54) is 0 Å². The summed E-state index contributed by atoms with van der Waals surface area (Å²) in [6.07, 6.45) is 4.16. The first-order valence-corrected chi connectivity index (χ1v) is 6.94. The summed E-state index contributed by atoms with van der Waals surface area (Å²) in [7, 11) is 0. The maximum atomic E-state index is 11.2. The average molecular weight is 297 g/mol. The number of aliphatic carboxylic acids is 1. The Bertz CT molecular complexity index is 527. The quantitative estimate of drug-likeness (QED) is 0.873. The fourth-order valence-corrected chi connectivity index (χ4v) is 2.94. The van der Waals surface area contributed by atoms with Gasteiger partial charge in [-0.15, -0.1) is 0 Å². The number of rotatable bonds is 5. The van der Waals surface area contributed by atoms with Crippen molar-refractivity contribution in [1.29, 1.82) is 0 Å². The molecule has 108 valence electrons. The van der Waals surface area contributed by atoms with Gasteiger partial charge in [0, 0.05) is 11.7 Å². The molecule has 1 aliphatic rings. The second-order valence-electron chi connectivity index (χ2n) is 4.99. The first-order chi connectivity index (χ1) is 9.49. The SMILES string of the molecule is NC(=O)c1ccc(N(CC(=O)O)C2CCCC2)cc1Cl. The number of nitrogens with two attached hydrogens (primary N) is 1. The average Bonchev–Trinajstić information content (AvgIpc) is 2.88. The summed E-state index contributed by atoms with van der Waals surface area (Å²) in [6, 6.07) is 5.07. The second kappa shape index (κ2) is 6.13. The number of carboxylic acids is 1. The monoisotopic (exact) mass is 296 g/mol. The van der Waals surface area contributed by atoms with E-state index in [1.807, 2.05) is 4.90 Å². The van der Waals surface area contributed by atoms with Crippen LogP contribution in [0.4, 0.5) is 5.69 Å². The lowest BCUT2D eigenvalue weighted by molar-refractivity contribution is -0.135. The molecular weight excluding hydrogens is 280 g/mol. The van der Waals surface area contributed by atoms with Crippen molar-refractivity contribution in [1.82, 2.24) is 0 Å². The van der Waals surface area contributed by atoms with E-state index in [2.05, 4.69) is 0 Å². The molecule has 1 saturated carbocycles. The van der Waals surface area contributed by atoms with Crippen molar-refractivity contribution >= 4 is 29.2 Å². The first-order valence-electron chi connectivity index (χ1n) is 6.57. The van der Waals surface area contributed by atoms with Crippen molar-refractivity contribution in [3.63, 3.8) is 0 Å². The van der Waals surface area contributed by atoms with Crippen molar-refractivity contribution in [2.45, 2.75) is 31.7 Å². The van der Waals surface area contributed by atoms with E-state index in [1.54, 1.807) is 18.2 Å². The Balaban J connectivity index is 2.30. The fourth-order valence-electron chi connectivity index (χ4n) is 2.68. The predicted molar refractivity (Wildman–Crippen MR) is 77.2 cm³/mol. The summed E-state index contributed by atoms with van der Waals surface area (Å²) in [4.78, 5) is 24.1. The molecule has 0 spiro atoms. The van der Waals surface area contributed by atoms with Crippen molar-refractivity contribution < 1.29 is 14.7 Å². The number of benzene rings is 1. The number of amides is 1. The molecule has 1 fully saturated rings. The summed E-state index contributed by atoms with van der Waals surface area (Å²) >= 11 is 6.04. The van der Waals surface area contributed by atoms with E-state index in [4.69, 9.17) is 22.4 Å². The number of halogens is 1. The Morgan fingerprint density at radius 1 is 1.35 bits per heavy atom. The molecule has 0 atom stereocenters. The van der Waals surface area contributed by atoms with Gasteiger partial charge < -0.3 is 15.7 Å². The van der Waals surface area contributed by atoms with Gasteiger partial charge >= 0.3 is 5.97 Å². The molecule has 2 rings (SSSR count). The molecule has 3 N–H and O–H groups in total. The van der Waals surface area contributed by atoms with Gasteiger partial charge in [0.05, 0.1) is 10.6 Å². The fraction of sp³-hybridized carbons (Fsp3) is 0.429. The molecule has 6 heteroatoms. The van der Waals surface area contributed by atoms with Gasteiger partial charge in [0.1, 0.15) is 6.54 Å². The molecule has 1 amide bonds. The summed E-state index contributed by atoms with van der Waals surface area (Å²) < 4.78 is 0. The Labute approximate surface area is 122 Å². The zero-order valence-electron chi connectivity index (χ0n) is 11.0. The van der Waals surface area contributed by atoms with Gasteiger partial charge in [0.2, 0.25) is 5.91 Å². The minimum absolute atomic E-state index is 0.0725. The summed E-state index contributed by atoms with van der Waals surface area (Å²) in [5, 5.41) is 9.32. The lowest BCUT2D eigenvalue weighted by Crippen LogP contribution is -2.37. The van der Waals surface area contributed by atoms with Gasteiger partial charge in [0.25, 0.3) is 0 Å². The van der Waals surface area contributed by atoms with E-state index in [-0.39, 0.29) is 23.2 Å². The van der Waals surface area contributed by atoms with E-state index < -0.39 is 11.9 Å². The molecule has 20 heavy (non-hydrogen) atoms. The molecule has 1 aromatic rings. The van der Waals surface area contributed by atoms with Gasteiger partial charge in [-0.1, -0.05) is 24.4 Å². The van der Waals surface area contributed by atoms with E-state index in [0.29, 0.717) is 5.69 Å². The molecule has 0 heterocycles. The molecule has 0 aromatic heterocycles. The minimum atomic E-state index is -0.882. The third kappa shape index (κ3) is 3.22. The third-order valence-electron chi connectivity index (χ3n) is 3.62. The molecule has 0 radical (unpaired) electrons. The highest BCUT2D eigenvalue weighted by atomic mass is 35.5. The van der Waals surface area contributed by atoms with Crippen LogP contribution in [0.1, 0.15) is 36.0 Å². The van der Waals surface area contributed by atoms with Crippen LogP contribution in [0.5, 0.6) is 0 Å². The van der Waals surface area contributed by atoms with Gasteiger partial charge in [-0.2, -0.15) is 0 Å². The normalized spacial score (nSPS) is 15.2. The summed E-state index contributed by atoms with van der Waals surface area (Å²) in [5.41, 5.74) is 6.18. The van der Waals surface area contributed by atoms with Crippen molar-refractivity contribution in [3.05, 3.63) is 28.8 Å². The molecule has 0 unspecified atom stereocenters. The molecule has 0 bridgehead atoms. The van der Waals surface area contributed by atoms with Crippen LogP contribution in [0.2, 0.25) is 5.02 Å². The van der Waals surface area contributed by atoms with E-state index >= 15 is 0 Å². The number of hydrogen-bond donors (Lipinski definition) is 2. The zero-order chi connectivity index (χ0) is 14.7. The molecule has 1 aromatic carbocycles. The number of hydrogen-bond acceptors (Lipinski definition) is 3. The molecule has 0 saturated heterocycles. The lowest BCUT2D eigenvalue weighted by Gasteiger charge is -2.29. The molecule has 1 aliphatic carbocycles. The largest absolute Gasteiger partial charge is 0.480 e. The van der Waals surface area contributed by atoms with Gasteiger partial charge in [-0.05, 0) is 31.0 Å². The van der Waals surface area contributed by atoms with Crippen LogP contribution >= 0.6 is 11.6 Å². The highest BCUT2D eigenvalue weighted by Gasteiger charge is 2.25. The molecular formula is C14H17ClN2O3. The number of primary amides is 1. The second-order valence-corrected chi connectivity index (χ2v) is 5.40. The van der Waals surface area contributed by atoms with Crippen LogP contribution in [-0.4, -0.2) is 29.6 Å². The molecule has 5 nitrogen and oxygen atoms in total. The minimum Gasteiger partial charge on any atom is -0.480 e. The Hall–Kier alpha value is -1.75. The summed E-state index contributed by atoms with van der Waals surface area (Å²) in [5.74, 6) is -1.47. The van der Waals surface area contributed by atoms with Gasteiger partial charge in [0.15, 0.2) is 0 Å².